The van der Waals surface area contributed by atoms with E-state index in [4.69, 9.17) is 0 Å². The summed E-state index contributed by atoms with van der Waals surface area (Å²) in [6, 6.07) is 0. The Hall–Kier alpha value is -2.31. The first-order valence-electron chi connectivity index (χ1n) is 6.67. The molecule has 106 valence electrons. The summed E-state index contributed by atoms with van der Waals surface area (Å²) in [7, 11) is 3.64. The van der Waals surface area contributed by atoms with Gasteiger partial charge in [-0.1, -0.05) is 0 Å². The molecule has 7 nitrogen and oxygen atoms in total. The number of nitrogens with zero attached hydrogens (tertiary/aromatic N) is 5. The molecule has 0 unspecified atom stereocenters. The average molecular weight is 274 g/mol. The Balaban J connectivity index is 1.73. The number of aromatic nitrogens is 4. The molecule has 2 aromatic rings. The first kappa shape index (κ1) is 12.7. The van der Waals surface area contributed by atoms with Gasteiger partial charge in [-0.05, 0) is 6.42 Å². The van der Waals surface area contributed by atoms with Crippen LogP contribution in [0.25, 0.3) is 0 Å². The second-order valence-corrected chi connectivity index (χ2v) is 5.11. The van der Waals surface area contributed by atoms with Crippen LogP contribution in [0.4, 0.5) is 5.95 Å². The maximum Gasteiger partial charge on any atom is 0.274 e. The number of imidazole rings is 1. The van der Waals surface area contributed by atoms with Crippen LogP contribution in [0.1, 0.15) is 22.5 Å². The van der Waals surface area contributed by atoms with E-state index < -0.39 is 0 Å². The number of aryl methyl sites for hydroxylation is 2. The van der Waals surface area contributed by atoms with Crippen molar-refractivity contribution in [1.29, 1.82) is 0 Å². The van der Waals surface area contributed by atoms with Crippen LogP contribution < -0.4 is 5.32 Å². The smallest absolute Gasteiger partial charge is 0.274 e. The third kappa shape index (κ3) is 2.38. The molecular weight excluding hydrogens is 256 g/mol. The molecule has 0 bridgehead atoms. The third-order valence-corrected chi connectivity index (χ3v) is 3.38. The molecule has 1 aliphatic rings. The summed E-state index contributed by atoms with van der Waals surface area (Å²) in [6.45, 7) is 2.35. The summed E-state index contributed by atoms with van der Waals surface area (Å²) in [5, 5.41) is 7.30. The highest BCUT2D eigenvalue weighted by Crippen LogP contribution is 2.15. The second kappa shape index (κ2) is 4.99. The Labute approximate surface area is 117 Å². The maximum atomic E-state index is 12.4. The van der Waals surface area contributed by atoms with Gasteiger partial charge in [-0.25, -0.2) is 4.98 Å². The number of anilines is 1. The Bertz CT molecular complexity index is 605. The number of rotatable bonds is 3. The molecule has 1 amide bonds. The number of fused-ring (bicyclic) bond motifs is 1. The number of carbonyl (C=O) groups excluding carboxylic acids is 1. The number of nitrogens with one attached hydrogen (secondary N) is 1. The van der Waals surface area contributed by atoms with Crippen molar-refractivity contribution in [2.24, 2.45) is 7.05 Å². The standard InChI is InChI=1S/C13H18N6O/c1-17(7-10-6-15-18(2)8-10)12(20)11-9-19-5-3-4-14-13(19)16-11/h6,8-9H,3-5,7H2,1-2H3,(H,14,16). The molecule has 1 aliphatic heterocycles. The summed E-state index contributed by atoms with van der Waals surface area (Å²) in [4.78, 5) is 18.4. The Morgan fingerprint density at radius 2 is 2.35 bits per heavy atom. The molecule has 7 heteroatoms. The summed E-state index contributed by atoms with van der Waals surface area (Å²) in [6.07, 6.45) is 6.55. The third-order valence-electron chi connectivity index (χ3n) is 3.38. The van der Waals surface area contributed by atoms with Gasteiger partial charge in [0.25, 0.3) is 5.91 Å². The lowest BCUT2D eigenvalue weighted by Crippen LogP contribution is -2.26. The van der Waals surface area contributed by atoms with Gasteiger partial charge in [-0.15, -0.1) is 0 Å². The largest absolute Gasteiger partial charge is 0.356 e. The number of amides is 1. The van der Waals surface area contributed by atoms with Crippen molar-refractivity contribution in [1.82, 2.24) is 24.2 Å². The van der Waals surface area contributed by atoms with Crippen molar-refractivity contribution >= 4 is 11.9 Å². The molecule has 1 N–H and O–H groups in total. The van der Waals surface area contributed by atoms with E-state index >= 15 is 0 Å². The van der Waals surface area contributed by atoms with Gasteiger partial charge in [0.05, 0.1) is 6.20 Å². The SMILES string of the molecule is CN(Cc1cnn(C)c1)C(=O)c1cn2c(n1)NCCC2. The molecule has 3 heterocycles. The van der Waals surface area contributed by atoms with Crippen LogP contribution in [0, 0.1) is 0 Å². The van der Waals surface area contributed by atoms with Crippen molar-refractivity contribution in [3.05, 3.63) is 29.8 Å². The molecule has 0 saturated heterocycles. The van der Waals surface area contributed by atoms with E-state index in [1.165, 1.54) is 0 Å². The Morgan fingerprint density at radius 3 is 3.05 bits per heavy atom. The molecule has 2 aromatic heterocycles. The molecule has 0 aliphatic carbocycles. The van der Waals surface area contributed by atoms with Crippen LogP contribution in [0.15, 0.2) is 18.6 Å². The predicted octanol–water partition coefficient (Wildman–Crippen LogP) is 0.704. The van der Waals surface area contributed by atoms with Crippen molar-refractivity contribution in [3.63, 3.8) is 0 Å². The van der Waals surface area contributed by atoms with E-state index in [0.29, 0.717) is 12.2 Å². The normalized spacial score (nSPS) is 13.7. The average Bonchev–Trinajstić information content (AvgIpc) is 3.03. The summed E-state index contributed by atoms with van der Waals surface area (Å²) < 4.78 is 3.72. The quantitative estimate of drug-likeness (QED) is 0.895. The highest BCUT2D eigenvalue weighted by Gasteiger charge is 2.19. The molecule has 3 rings (SSSR count). The fourth-order valence-corrected chi connectivity index (χ4v) is 2.37. The first-order valence-corrected chi connectivity index (χ1v) is 6.67. The van der Waals surface area contributed by atoms with E-state index in [1.54, 1.807) is 22.8 Å². The van der Waals surface area contributed by atoms with Crippen molar-refractivity contribution in [2.45, 2.75) is 19.5 Å². The van der Waals surface area contributed by atoms with Gasteiger partial charge in [-0.3, -0.25) is 9.48 Å². The van der Waals surface area contributed by atoms with Gasteiger partial charge in [0, 0.05) is 51.7 Å². The summed E-state index contributed by atoms with van der Waals surface area (Å²) >= 11 is 0. The summed E-state index contributed by atoms with van der Waals surface area (Å²) in [5.74, 6) is 0.715. The zero-order valence-electron chi connectivity index (χ0n) is 11.7. The van der Waals surface area contributed by atoms with Crippen LogP contribution in [0.2, 0.25) is 0 Å². The van der Waals surface area contributed by atoms with Gasteiger partial charge in [0.15, 0.2) is 0 Å². The molecule has 0 saturated carbocycles. The first-order chi connectivity index (χ1) is 9.63. The molecule has 0 aromatic carbocycles. The minimum Gasteiger partial charge on any atom is -0.356 e. The monoisotopic (exact) mass is 274 g/mol. The van der Waals surface area contributed by atoms with Crippen LogP contribution in [-0.4, -0.2) is 43.7 Å². The zero-order valence-corrected chi connectivity index (χ0v) is 11.7. The number of hydrogen-bond acceptors (Lipinski definition) is 4. The molecule has 0 spiro atoms. The van der Waals surface area contributed by atoms with Crippen molar-refractivity contribution in [3.8, 4) is 0 Å². The highest BCUT2D eigenvalue weighted by molar-refractivity contribution is 5.92. The Morgan fingerprint density at radius 1 is 1.50 bits per heavy atom. The Kier molecular flexibility index (Phi) is 3.17. The van der Waals surface area contributed by atoms with Crippen molar-refractivity contribution < 1.29 is 4.79 Å². The predicted molar refractivity (Wildman–Crippen MR) is 74.3 cm³/mol. The van der Waals surface area contributed by atoms with Crippen molar-refractivity contribution in [2.75, 3.05) is 18.9 Å². The van der Waals surface area contributed by atoms with Gasteiger partial charge in [0.1, 0.15) is 5.69 Å². The second-order valence-electron chi connectivity index (χ2n) is 5.11. The molecule has 0 fully saturated rings. The number of hydrogen-bond donors (Lipinski definition) is 1. The maximum absolute atomic E-state index is 12.4. The lowest BCUT2D eigenvalue weighted by atomic mass is 10.3. The zero-order chi connectivity index (χ0) is 14.1. The highest BCUT2D eigenvalue weighted by atomic mass is 16.2. The van der Waals surface area contributed by atoms with Gasteiger partial charge < -0.3 is 14.8 Å². The van der Waals surface area contributed by atoms with Gasteiger partial charge in [0.2, 0.25) is 5.95 Å². The van der Waals surface area contributed by atoms with Gasteiger partial charge in [-0.2, -0.15) is 5.10 Å². The van der Waals surface area contributed by atoms with E-state index in [0.717, 1.165) is 31.0 Å². The summed E-state index contributed by atoms with van der Waals surface area (Å²) in [5.41, 5.74) is 1.49. The number of carbonyl (C=O) groups is 1. The van der Waals surface area contributed by atoms with E-state index in [9.17, 15) is 4.79 Å². The molecule has 20 heavy (non-hydrogen) atoms. The minimum atomic E-state index is -0.0717. The van der Waals surface area contributed by atoms with Crippen LogP contribution in [0.3, 0.4) is 0 Å². The van der Waals surface area contributed by atoms with Crippen LogP contribution >= 0.6 is 0 Å². The molecule has 0 atom stereocenters. The van der Waals surface area contributed by atoms with E-state index in [-0.39, 0.29) is 5.91 Å². The van der Waals surface area contributed by atoms with Crippen LogP contribution in [-0.2, 0) is 20.1 Å². The topological polar surface area (TPSA) is 68.0 Å². The lowest BCUT2D eigenvalue weighted by Gasteiger charge is -2.14. The molecular formula is C13H18N6O. The fourth-order valence-electron chi connectivity index (χ4n) is 2.37. The lowest BCUT2D eigenvalue weighted by molar-refractivity contribution is 0.0780. The minimum absolute atomic E-state index is 0.0717. The molecule has 0 radical (unpaired) electrons. The fraction of sp³-hybridized carbons (Fsp3) is 0.462. The van der Waals surface area contributed by atoms with E-state index in [2.05, 4.69) is 15.4 Å². The van der Waals surface area contributed by atoms with Gasteiger partial charge >= 0.3 is 0 Å². The van der Waals surface area contributed by atoms with E-state index in [1.807, 2.05) is 24.0 Å². The van der Waals surface area contributed by atoms with Crippen LogP contribution in [0.5, 0.6) is 0 Å².